The number of rotatable bonds is 7. The van der Waals surface area contributed by atoms with Crippen LogP contribution in [0.2, 0.25) is 5.02 Å². The third-order valence-electron chi connectivity index (χ3n) is 5.75. The van der Waals surface area contributed by atoms with Crippen LogP contribution in [0, 0.1) is 0 Å². The van der Waals surface area contributed by atoms with Gasteiger partial charge in [-0.3, -0.25) is 14.6 Å². The van der Waals surface area contributed by atoms with E-state index in [1.807, 2.05) is 0 Å². The van der Waals surface area contributed by atoms with Gasteiger partial charge in [0.2, 0.25) is 15.9 Å². The normalized spacial score (nSPS) is 16.4. The van der Waals surface area contributed by atoms with Crippen LogP contribution in [-0.2, 0) is 21.4 Å². The molecule has 1 atom stereocenters. The fourth-order valence-corrected chi connectivity index (χ4v) is 5.62. The van der Waals surface area contributed by atoms with Gasteiger partial charge < -0.3 is 10.6 Å². The zero-order valence-corrected chi connectivity index (χ0v) is 20.4. The smallest absolute Gasteiger partial charge is 0.255 e. The molecule has 2 N–H and O–H groups in total. The molecule has 10 heteroatoms. The van der Waals surface area contributed by atoms with E-state index in [0.29, 0.717) is 34.8 Å². The molecular weight excluding hydrogens is 488 g/mol. The summed E-state index contributed by atoms with van der Waals surface area (Å²) in [7, 11) is -4.00. The van der Waals surface area contributed by atoms with Gasteiger partial charge in [-0.1, -0.05) is 23.7 Å². The number of halogens is 1. The molecule has 0 bridgehead atoms. The number of sulfonamides is 1. The summed E-state index contributed by atoms with van der Waals surface area (Å²) < 4.78 is 28.5. The first-order valence-corrected chi connectivity index (χ1v) is 13.0. The second kappa shape index (κ2) is 11.0. The molecule has 1 aromatic heterocycles. The second-order valence-corrected chi connectivity index (χ2v) is 10.5. The number of anilines is 1. The highest BCUT2D eigenvalue weighted by Gasteiger charge is 2.36. The van der Waals surface area contributed by atoms with Crippen LogP contribution in [0.3, 0.4) is 0 Å². The number of nitrogens with one attached hydrogen (secondary N) is 2. The number of benzene rings is 2. The van der Waals surface area contributed by atoms with Gasteiger partial charge in [0.1, 0.15) is 6.04 Å². The Kier molecular flexibility index (Phi) is 7.80. The molecule has 182 valence electrons. The van der Waals surface area contributed by atoms with E-state index in [1.165, 1.54) is 28.6 Å². The van der Waals surface area contributed by atoms with E-state index in [1.54, 1.807) is 48.8 Å². The van der Waals surface area contributed by atoms with Crippen LogP contribution in [0.4, 0.5) is 5.69 Å². The fourth-order valence-electron chi connectivity index (χ4n) is 3.88. The van der Waals surface area contributed by atoms with E-state index in [2.05, 4.69) is 15.6 Å². The minimum atomic E-state index is -4.00. The molecule has 0 spiro atoms. The summed E-state index contributed by atoms with van der Waals surface area (Å²) in [6, 6.07) is 15.1. The van der Waals surface area contributed by atoms with Crippen molar-refractivity contribution >= 4 is 39.1 Å². The molecule has 2 amide bonds. The molecule has 1 fully saturated rings. The van der Waals surface area contributed by atoms with Gasteiger partial charge in [-0.15, -0.1) is 0 Å². The summed E-state index contributed by atoms with van der Waals surface area (Å²) in [6.07, 6.45) is 5.10. The molecule has 0 saturated carbocycles. The van der Waals surface area contributed by atoms with Gasteiger partial charge in [0.25, 0.3) is 5.91 Å². The van der Waals surface area contributed by atoms with E-state index in [9.17, 15) is 18.0 Å². The number of amides is 2. The molecular formula is C25H25ClN4O4S. The number of nitrogens with zero attached hydrogens (tertiary/aromatic N) is 2. The third-order valence-corrected chi connectivity index (χ3v) is 7.87. The van der Waals surface area contributed by atoms with Crippen molar-refractivity contribution in [3.63, 3.8) is 0 Å². The van der Waals surface area contributed by atoms with Crippen LogP contribution in [0.15, 0.2) is 78.0 Å². The first kappa shape index (κ1) is 24.8. The molecule has 35 heavy (non-hydrogen) atoms. The highest BCUT2D eigenvalue weighted by atomic mass is 35.5. The minimum Gasteiger partial charge on any atom is -0.355 e. The van der Waals surface area contributed by atoms with Crippen LogP contribution in [-0.4, -0.2) is 42.1 Å². The molecule has 2 heterocycles. The molecule has 8 nitrogen and oxygen atoms in total. The first-order chi connectivity index (χ1) is 16.8. The van der Waals surface area contributed by atoms with Gasteiger partial charge in [-0.05, 0) is 73.4 Å². The third kappa shape index (κ3) is 6.05. The van der Waals surface area contributed by atoms with Crippen molar-refractivity contribution in [3.05, 3.63) is 89.2 Å². The van der Waals surface area contributed by atoms with Crippen LogP contribution < -0.4 is 10.6 Å². The zero-order chi connectivity index (χ0) is 24.8. The molecule has 1 aliphatic heterocycles. The van der Waals surface area contributed by atoms with Crippen molar-refractivity contribution in [2.75, 3.05) is 11.9 Å². The average Bonchev–Trinajstić information content (AvgIpc) is 3.07. The Hall–Kier alpha value is -3.27. The maximum Gasteiger partial charge on any atom is 0.255 e. The van der Waals surface area contributed by atoms with Crippen LogP contribution >= 0.6 is 11.6 Å². The first-order valence-electron chi connectivity index (χ1n) is 11.2. The Morgan fingerprint density at radius 3 is 2.51 bits per heavy atom. The van der Waals surface area contributed by atoms with E-state index < -0.39 is 16.1 Å². The quantitative estimate of drug-likeness (QED) is 0.500. The predicted molar refractivity (Wildman–Crippen MR) is 133 cm³/mol. The predicted octanol–water partition coefficient (Wildman–Crippen LogP) is 3.85. The Balaban J connectivity index is 1.60. The van der Waals surface area contributed by atoms with Gasteiger partial charge >= 0.3 is 0 Å². The Labute approximate surface area is 209 Å². The Morgan fingerprint density at radius 1 is 1.09 bits per heavy atom. The van der Waals surface area contributed by atoms with Gasteiger partial charge in [-0.2, -0.15) is 4.31 Å². The highest BCUT2D eigenvalue weighted by molar-refractivity contribution is 7.89. The largest absolute Gasteiger partial charge is 0.355 e. The van der Waals surface area contributed by atoms with Crippen molar-refractivity contribution in [1.29, 1.82) is 0 Å². The zero-order valence-electron chi connectivity index (χ0n) is 18.9. The van der Waals surface area contributed by atoms with Gasteiger partial charge in [-0.25, -0.2) is 8.42 Å². The van der Waals surface area contributed by atoms with Gasteiger partial charge in [0, 0.05) is 29.9 Å². The molecule has 4 rings (SSSR count). The fraction of sp³-hybridized carbons (Fsp3) is 0.240. The summed E-state index contributed by atoms with van der Waals surface area (Å²) >= 11 is 5.95. The van der Waals surface area contributed by atoms with Crippen molar-refractivity contribution < 1.29 is 18.0 Å². The lowest BCUT2D eigenvalue weighted by atomic mass is 10.1. The van der Waals surface area contributed by atoms with Crippen molar-refractivity contribution in [2.24, 2.45) is 0 Å². The van der Waals surface area contributed by atoms with Gasteiger partial charge in [0.05, 0.1) is 16.8 Å². The second-order valence-electron chi connectivity index (χ2n) is 8.20. The monoisotopic (exact) mass is 512 g/mol. The van der Waals surface area contributed by atoms with Crippen LogP contribution in [0.25, 0.3) is 0 Å². The lowest BCUT2D eigenvalue weighted by molar-refractivity contribution is -0.124. The maximum absolute atomic E-state index is 13.6. The molecule has 0 aliphatic carbocycles. The molecule has 2 aromatic carbocycles. The van der Waals surface area contributed by atoms with Crippen molar-refractivity contribution in [2.45, 2.75) is 36.7 Å². The summed E-state index contributed by atoms with van der Waals surface area (Å²) in [5.74, 6) is -0.620. The lowest BCUT2D eigenvalue weighted by Gasteiger charge is -2.29. The Morgan fingerprint density at radius 2 is 1.83 bits per heavy atom. The number of pyridine rings is 1. The summed E-state index contributed by atoms with van der Waals surface area (Å²) in [5, 5.41) is 6.00. The molecule has 1 saturated heterocycles. The molecule has 1 aliphatic rings. The van der Waals surface area contributed by atoms with Crippen LogP contribution in [0.5, 0.6) is 0 Å². The van der Waals surface area contributed by atoms with Crippen molar-refractivity contribution in [1.82, 2.24) is 14.6 Å². The molecule has 3 aromatic rings. The van der Waals surface area contributed by atoms with Crippen LogP contribution in [0.1, 0.15) is 35.2 Å². The number of hydrogen-bond donors (Lipinski definition) is 2. The lowest BCUT2D eigenvalue weighted by Crippen LogP contribution is -2.48. The Bertz CT molecular complexity index is 1280. The van der Waals surface area contributed by atoms with Gasteiger partial charge in [0.15, 0.2) is 0 Å². The molecule has 0 unspecified atom stereocenters. The summed E-state index contributed by atoms with van der Waals surface area (Å²) in [5.41, 5.74) is 1.63. The van der Waals surface area contributed by atoms with E-state index in [4.69, 9.17) is 11.6 Å². The van der Waals surface area contributed by atoms with E-state index in [0.717, 1.165) is 12.8 Å². The maximum atomic E-state index is 13.6. The van der Waals surface area contributed by atoms with E-state index in [-0.39, 0.29) is 23.3 Å². The van der Waals surface area contributed by atoms with E-state index >= 15 is 0 Å². The minimum absolute atomic E-state index is 0.0203. The van der Waals surface area contributed by atoms with Crippen molar-refractivity contribution in [3.8, 4) is 0 Å². The SMILES string of the molecule is O=C(Nc1cccnc1)c1ccc(CN([C@@H]2CCCCNC2=O)S(=O)(=O)c2ccc(Cl)cc2)cc1. The number of carbonyl (C=O) groups excluding carboxylic acids is 2. The average molecular weight is 513 g/mol. The summed E-state index contributed by atoms with van der Waals surface area (Å²) in [4.78, 5) is 29.4. The number of carbonyl (C=O) groups is 2. The standard InChI is InChI=1S/C25H25ClN4O4S/c26-20-10-12-22(13-11-20)35(33,34)30(23-5-1-2-15-28-25(23)32)17-18-6-8-19(9-7-18)24(31)29-21-4-3-14-27-16-21/h3-4,6-14,16,23H,1-2,5,15,17H2,(H,28,32)(H,29,31)/t23-/m1/s1. The molecule has 0 radical (unpaired) electrons. The number of aromatic nitrogens is 1. The number of hydrogen-bond acceptors (Lipinski definition) is 5. The summed E-state index contributed by atoms with van der Waals surface area (Å²) in [6.45, 7) is 0.498. The highest BCUT2D eigenvalue weighted by Crippen LogP contribution is 2.26. The topological polar surface area (TPSA) is 108 Å².